The minimum Gasteiger partial charge on any atom is -0.396 e. The molecule has 4 heteroatoms. The Labute approximate surface area is 99.3 Å². The summed E-state index contributed by atoms with van der Waals surface area (Å²) in [5.41, 5.74) is 2.10. The normalized spacial score (nSPS) is 10.7. The summed E-state index contributed by atoms with van der Waals surface area (Å²) >= 11 is 5.84. The second-order valence-corrected chi connectivity index (χ2v) is 4.04. The Kier molecular flexibility index (Phi) is 3.27. The summed E-state index contributed by atoms with van der Waals surface area (Å²) in [6, 6.07) is 7.63. The molecule has 3 nitrogen and oxygen atoms in total. The van der Waals surface area contributed by atoms with Crippen LogP contribution in [0.2, 0.25) is 5.02 Å². The zero-order valence-corrected chi connectivity index (χ0v) is 9.78. The van der Waals surface area contributed by atoms with E-state index in [-0.39, 0.29) is 6.61 Å². The smallest absolute Gasteiger partial charge is 0.111 e. The van der Waals surface area contributed by atoms with Crippen molar-refractivity contribution in [3.05, 3.63) is 41.3 Å². The molecule has 0 spiro atoms. The fourth-order valence-electron chi connectivity index (χ4n) is 1.67. The summed E-state index contributed by atoms with van der Waals surface area (Å²) in [7, 11) is 1.95. The van der Waals surface area contributed by atoms with E-state index in [4.69, 9.17) is 16.7 Å². The van der Waals surface area contributed by atoms with Crippen molar-refractivity contribution in [2.45, 2.75) is 6.42 Å². The van der Waals surface area contributed by atoms with Crippen molar-refractivity contribution >= 4 is 11.6 Å². The first-order chi connectivity index (χ1) is 7.72. The quantitative estimate of drug-likeness (QED) is 0.888. The van der Waals surface area contributed by atoms with Crippen LogP contribution in [0.15, 0.2) is 30.5 Å². The van der Waals surface area contributed by atoms with Crippen molar-refractivity contribution in [1.82, 2.24) is 9.55 Å². The standard InChI is InChI=1S/C12H13ClN2O/c1-15-11(8-14-12(15)6-7-16)9-2-4-10(13)5-3-9/h2-5,8,16H,6-7H2,1H3. The molecule has 0 saturated heterocycles. The van der Waals surface area contributed by atoms with E-state index in [1.54, 1.807) is 0 Å². The fraction of sp³-hybridized carbons (Fsp3) is 0.250. The van der Waals surface area contributed by atoms with Crippen LogP contribution in [-0.2, 0) is 13.5 Å². The molecule has 0 unspecified atom stereocenters. The van der Waals surface area contributed by atoms with E-state index in [0.717, 1.165) is 22.1 Å². The number of aliphatic hydroxyl groups excluding tert-OH is 1. The van der Waals surface area contributed by atoms with Gasteiger partial charge in [-0.25, -0.2) is 4.98 Å². The first-order valence-corrected chi connectivity index (χ1v) is 5.47. The van der Waals surface area contributed by atoms with Gasteiger partial charge in [-0.15, -0.1) is 0 Å². The summed E-state index contributed by atoms with van der Waals surface area (Å²) in [6.45, 7) is 0.116. The van der Waals surface area contributed by atoms with Gasteiger partial charge < -0.3 is 9.67 Å². The van der Waals surface area contributed by atoms with Crippen molar-refractivity contribution in [3.8, 4) is 11.3 Å². The highest BCUT2D eigenvalue weighted by molar-refractivity contribution is 6.30. The molecule has 0 atom stereocenters. The molecule has 1 aromatic heterocycles. The van der Waals surface area contributed by atoms with E-state index in [2.05, 4.69) is 4.98 Å². The van der Waals surface area contributed by atoms with Gasteiger partial charge in [-0.3, -0.25) is 0 Å². The zero-order valence-electron chi connectivity index (χ0n) is 9.02. The molecule has 0 bridgehead atoms. The number of hydrogen-bond donors (Lipinski definition) is 1. The lowest BCUT2D eigenvalue weighted by atomic mass is 10.2. The van der Waals surface area contributed by atoms with Gasteiger partial charge in [-0.05, 0) is 17.7 Å². The summed E-state index contributed by atoms with van der Waals surface area (Å²) in [5, 5.41) is 9.61. The van der Waals surface area contributed by atoms with Gasteiger partial charge in [0.1, 0.15) is 5.82 Å². The van der Waals surface area contributed by atoms with E-state index in [0.29, 0.717) is 6.42 Å². The number of imidazole rings is 1. The molecule has 0 aliphatic rings. The lowest BCUT2D eigenvalue weighted by molar-refractivity contribution is 0.295. The molecule has 0 radical (unpaired) electrons. The lowest BCUT2D eigenvalue weighted by Crippen LogP contribution is -2.02. The van der Waals surface area contributed by atoms with Crippen molar-refractivity contribution in [2.24, 2.45) is 7.05 Å². The first-order valence-electron chi connectivity index (χ1n) is 5.10. The van der Waals surface area contributed by atoms with Gasteiger partial charge in [0.15, 0.2) is 0 Å². The molecule has 0 aliphatic heterocycles. The third-order valence-corrected chi connectivity index (χ3v) is 2.81. The number of aromatic nitrogens is 2. The highest BCUT2D eigenvalue weighted by Crippen LogP contribution is 2.21. The van der Waals surface area contributed by atoms with Crippen LogP contribution in [0.25, 0.3) is 11.3 Å². The Hall–Kier alpha value is -1.32. The molecule has 16 heavy (non-hydrogen) atoms. The molecule has 0 fully saturated rings. The molecule has 1 aromatic carbocycles. The van der Waals surface area contributed by atoms with Gasteiger partial charge in [0.2, 0.25) is 0 Å². The number of benzene rings is 1. The van der Waals surface area contributed by atoms with E-state index in [9.17, 15) is 0 Å². The van der Waals surface area contributed by atoms with Gasteiger partial charge in [-0.1, -0.05) is 23.7 Å². The van der Waals surface area contributed by atoms with Crippen molar-refractivity contribution < 1.29 is 5.11 Å². The van der Waals surface area contributed by atoms with Gasteiger partial charge in [0, 0.05) is 18.5 Å². The Balaban J connectivity index is 2.37. The average Bonchev–Trinajstić information content (AvgIpc) is 2.63. The van der Waals surface area contributed by atoms with Crippen molar-refractivity contribution in [3.63, 3.8) is 0 Å². The largest absolute Gasteiger partial charge is 0.396 e. The second-order valence-electron chi connectivity index (χ2n) is 3.60. The number of halogens is 1. The maximum absolute atomic E-state index is 8.89. The molecule has 0 saturated carbocycles. The summed E-state index contributed by atoms with van der Waals surface area (Å²) in [6.07, 6.45) is 2.39. The fourth-order valence-corrected chi connectivity index (χ4v) is 1.79. The summed E-state index contributed by atoms with van der Waals surface area (Å²) in [4.78, 5) is 4.27. The minimum absolute atomic E-state index is 0.116. The molecule has 1 heterocycles. The predicted octanol–water partition coefficient (Wildman–Crippen LogP) is 2.28. The van der Waals surface area contributed by atoms with Crippen LogP contribution in [0, 0.1) is 0 Å². The molecule has 2 aromatic rings. The molecular formula is C12H13ClN2O. The number of nitrogens with zero attached hydrogens (tertiary/aromatic N) is 2. The van der Waals surface area contributed by atoms with Crippen LogP contribution in [0.5, 0.6) is 0 Å². The SMILES string of the molecule is Cn1c(-c2ccc(Cl)cc2)cnc1CCO. The monoisotopic (exact) mass is 236 g/mol. The third kappa shape index (κ3) is 2.10. The summed E-state index contributed by atoms with van der Waals surface area (Å²) in [5.74, 6) is 0.882. The third-order valence-electron chi connectivity index (χ3n) is 2.56. The Morgan fingerprint density at radius 3 is 2.62 bits per heavy atom. The van der Waals surface area contributed by atoms with Crippen molar-refractivity contribution in [2.75, 3.05) is 6.61 Å². The maximum Gasteiger partial charge on any atom is 0.111 e. The van der Waals surface area contributed by atoms with E-state index >= 15 is 0 Å². The molecule has 2 rings (SSSR count). The maximum atomic E-state index is 8.89. The average molecular weight is 237 g/mol. The molecule has 0 aliphatic carbocycles. The Bertz CT molecular complexity index is 476. The molecular weight excluding hydrogens is 224 g/mol. The van der Waals surface area contributed by atoms with Crippen LogP contribution < -0.4 is 0 Å². The lowest BCUT2D eigenvalue weighted by Gasteiger charge is -2.05. The van der Waals surface area contributed by atoms with Crippen LogP contribution in [0.3, 0.4) is 0 Å². The predicted molar refractivity (Wildman–Crippen MR) is 64.4 cm³/mol. The molecule has 84 valence electrons. The second kappa shape index (κ2) is 4.68. The Morgan fingerprint density at radius 1 is 1.31 bits per heavy atom. The molecule has 1 N–H and O–H groups in total. The van der Waals surface area contributed by atoms with Crippen LogP contribution in [-0.4, -0.2) is 21.3 Å². The summed E-state index contributed by atoms with van der Waals surface area (Å²) < 4.78 is 1.99. The van der Waals surface area contributed by atoms with Gasteiger partial charge in [0.25, 0.3) is 0 Å². The number of rotatable bonds is 3. The molecule has 0 amide bonds. The van der Waals surface area contributed by atoms with Crippen LogP contribution in [0.1, 0.15) is 5.82 Å². The number of aliphatic hydroxyl groups is 1. The minimum atomic E-state index is 0.116. The highest BCUT2D eigenvalue weighted by atomic mass is 35.5. The zero-order chi connectivity index (χ0) is 11.5. The van der Waals surface area contributed by atoms with E-state index in [1.165, 1.54) is 0 Å². The van der Waals surface area contributed by atoms with Crippen molar-refractivity contribution in [1.29, 1.82) is 0 Å². The Morgan fingerprint density at radius 2 is 2.00 bits per heavy atom. The highest BCUT2D eigenvalue weighted by Gasteiger charge is 2.07. The number of hydrogen-bond acceptors (Lipinski definition) is 2. The van der Waals surface area contributed by atoms with E-state index < -0.39 is 0 Å². The van der Waals surface area contributed by atoms with Crippen LogP contribution >= 0.6 is 11.6 Å². The van der Waals surface area contributed by atoms with Gasteiger partial charge in [-0.2, -0.15) is 0 Å². The van der Waals surface area contributed by atoms with Gasteiger partial charge in [0.05, 0.1) is 18.5 Å². The first kappa shape index (κ1) is 11.2. The van der Waals surface area contributed by atoms with E-state index in [1.807, 2.05) is 42.1 Å². The van der Waals surface area contributed by atoms with Crippen LogP contribution in [0.4, 0.5) is 0 Å². The topological polar surface area (TPSA) is 38.0 Å². The van der Waals surface area contributed by atoms with Gasteiger partial charge >= 0.3 is 0 Å².